The normalized spacial score (nSPS) is 13.1. The summed E-state index contributed by atoms with van der Waals surface area (Å²) in [5, 5.41) is 12.7. The van der Waals surface area contributed by atoms with Crippen molar-refractivity contribution in [2.45, 2.75) is 52.2 Å². The molecule has 2 heterocycles. The molecule has 0 fully saturated rings. The monoisotopic (exact) mass is 262 g/mol. The van der Waals surface area contributed by atoms with Crippen molar-refractivity contribution in [2.24, 2.45) is 5.73 Å². The van der Waals surface area contributed by atoms with Crippen LogP contribution < -0.4 is 5.73 Å². The molecule has 0 spiro atoms. The first-order chi connectivity index (χ1) is 9.10. The maximum atomic E-state index is 6.02. The molecule has 1 atom stereocenters. The van der Waals surface area contributed by atoms with E-state index in [0.29, 0.717) is 12.6 Å². The summed E-state index contributed by atoms with van der Waals surface area (Å²) >= 11 is 0. The van der Waals surface area contributed by atoms with Crippen molar-refractivity contribution in [3.8, 4) is 0 Å². The molecule has 0 bridgehead atoms. The van der Waals surface area contributed by atoms with Crippen molar-refractivity contribution in [3.63, 3.8) is 0 Å². The van der Waals surface area contributed by atoms with Crippen LogP contribution in [-0.4, -0.2) is 24.8 Å². The van der Waals surface area contributed by atoms with Gasteiger partial charge in [0.1, 0.15) is 0 Å². The van der Waals surface area contributed by atoms with E-state index in [1.807, 2.05) is 23.1 Å². The zero-order valence-corrected chi connectivity index (χ0v) is 11.8. The summed E-state index contributed by atoms with van der Waals surface area (Å²) in [4.78, 5) is 0. The van der Waals surface area contributed by atoms with E-state index in [0.717, 1.165) is 24.2 Å². The predicted octanol–water partition coefficient (Wildman–Crippen LogP) is 1.90. The van der Waals surface area contributed by atoms with Crippen molar-refractivity contribution in [3.05, 3.63) is 29.8 Å². The summed E-state index contributed by atoms with van der Waals surface area (Å²) < 4.78 is 3.73. The summed E-state index contributed by atoms with van der Waals surface area (Å²) in [5.74, 6) is 0. The van der Waals surface area contributed by atoms with Crippen LogP contribution >= 0.6 is 0 Å². The highest BCUT2D eigenvalue weighted by molar-refractivity contribution is 5.03. The van der Waals surface area contributed by atoms with Gasteiger partial charge in [0.2, 0.25) is 0 Å². The topological polar surface area (TPSA) is 74.5 Å². The second-order valence-electron chi connectivity index (χ2n) is 5.12. The van der Waals surface area contributed by atoms with Crippen LogP contribution in [0, 0.1) is 0 Å². The Hall–Kier alpha value is -1.69. The molecule has 0 aliphatic heterocycles. The third-order valence-electron chi connectivity index (χ3n) is 3.05. The zero-order valence-electron chi connectivity index (χ0n) is 11.8. The molecule has 0 aromatic carbocycles. The van der Waals surface area contributed by atoms with E-state index in [9.17, 15) is 0 Å². The number of hydrogen-bond acceptors (Lipinski definition) is 4. The first-order valence-electron chi connectivity index (χ1n) is 6.79. The van der Waals surface area contributed by atoms with Crippen molar-refractivity contribution in [1.29, 1.82) is 0 Å². The smallest absolute Gasteiger partial charge is 0.0994 e. The highest BCUT2D eigenvalue weighted by Crippen LogP contribution is 2.12. The number of hydrogen-bond donors (Lipinski definition) is 1. The predicted molar refractivity (Wildman–Crippen MR) is 73.6 cm³/mol. The first-order valence-corrected chi connectivity index (χ1v) is 6.79. The van der Waals surface area contributed by atoms with Gasteiger partial charge in [0.05, 0.1) is 30.2 Å². The number of nitrogens with two attached hydrogens (primary N) is 1. The number of nitrogens with zero attached hydrogens (tertiary/aromatic N) is 5. The largest absolute Gasteiger partial charge is 0.323 e. The Morgan fingerprint density at radius 1 is 1.37 bits per heavy atom. The van der Waals surface area contributed by atoms with Crippen molar-refractivity contribution in [2.75, 3.05) is 0 Å². The van der Waals surface area contributed by atoms with Crippen molar-refractivity contribution >= 4 is 0 Å². The van der Waals surface area contributed by atoms with Gasteiger partial charge in [-0.15, -0.1) is 5.10 Å². The fourth-order valence-corrected chi connectivity index (χ4v) is 1.93. The Bertz CT molecular complexity index is 513. The lowest BCUT2D eigenvalue weighted by Gasteiger charge is -2.04. The maximum Gasteiger partial charge on any atom is 0.0994 e. The summed E-state index contributed by atoms with van der Waals surface area (Å²) in [6.07, 6.45) is 5.88. The lowest BCUT2D eigenvalue weighted by molar-refractivity contribution is 0.519. The van der Waals surface area contributed by atoms with Crippen LogP contribution in [0.5, 0.6) is 0 Å². The molecular formula is C13H22N6. The lowest BCUT2D eigenvalue weighted by atomic mass is 10.1. The Balaban J connectivity index is 2.02. The van der Waals surface area contributed by atoms with Crippen LogP contribution in [0.3, 0.4) is 0 Å². The Kier molecular flexibility index (Phi) is 4.31. The van der Waals surface area contributed by atoms with Gasteiger partial charge >= 0.3 is 0 Å². The van der Waals surface area contributed by atoms with E-state index in [2.05, 4.69) is 36.2 Å². The molecule has 6 nitrogen and oxygen atoms in total. The average Bonchev–Trinajstić information content (AvgIpc) is 2.99. The van der Waals surface area contributed by atoms with E-state index in [4.69, 9.17) is 5.73 Å². The van der Waals surface area contributed by atoms with Gasteiger partial charge in [0.15, 0.2) is 0 Å². The number of rotatable bonds is 6. The van der Waals surface area contributed by atoms with E-state index in [1.54, 1.807) is 4.68 Å². The average molecular weight is 262 g/mol. The number of aromatic nitrogens is 5. The van der Waals surface area contributed by atoms with Crippen LogP contribution in [0.15, 0.2) is 18.5 Å². The minimum absolute atomic E-state index is 0.0213. The van der Waals surface area contributed by atoms with Crippen LogP contribution in [0.1, 0.15) is 57.1 Å². The molecule has 0 radical (unpaired) electrons. The standard InChI is InChI=1S/C13H22N6/c1-4-5-12(14)13-9-18(17-15-13)8-11-6-7-19(16-11)10(2)3/h6-7,9-10,12H,4-5,8,14H2,1-3H3. The van der Waals surface area contributed by atoms with Crippen molar-refractivity contribution in [1.82, 2.24) is 24.8 Å². The second kappa shape index (κ2) is 5.97. The van der Waals surface area contributed by atoms with Gasteiger partial charge in [-0.25, -0.2) is 4.68 Å². The van der Waals surface area contributed by atoms with E-state index in [-0.39, 0.29) is 6.04 Å². The SMILES string of the molecule is CCCC(N)c1cn(Cc2ccn(C(C)C)n2)nn1. The van der Waals surface area contributed by atoms with E-state index < -0.39 is 0 Å². The van der Waals surface area contributed by atoms with Gasteiger partial charge in [-0.3, -0.25) is 4.68 Å². The maximum absolute atomic E-state index is 6.02. The molecular weight excluding hydrogens is 240 g/mol. The Labute approximate surface area is 113 Å². The fourth-order valence-electron chi connectivity index (χ4n) is 1.93. The van der Waals surface area contributed by atoms with Crippen LogP contribution in [0.2, 0.25) is 0 Å². The fraction of sp³-hybridized carbons (Fsp3) is 0.615. The molecule has 19 heavy (non-hydrogen) atoms. The van der Waals surface area contributed by atoms with Crippen LogP contribution in [0.25, 0.3) is 0 Å². The Morgan fingerprint density at radius 3 is 2.79 bits per heavy atom. The highest BCUT2D eigenvalue weighted by Gasteiger charge is 2.10. The van der Waals surface area contributed by atoms with E-state index in [1.165, 1.54) is 0 Å². The molecule has 0 saturated heterocycles. The molecule has 0 amide bonds. The van der Waals surface area contributed by atoms with Gasteiger partial charge in [-0.05, 0) is 26.3 Å². The van der Waals surface area contributed by atoms with Gasteiger partial charge in [0, 0.05) is 12.2 Å². The second-order valence-corrected chi connectivity index (χ2v) is 5.12. The molecule has 2 aromatic heterocycles. The quantitative estimate of drug-likeness (QED) is 0.862. The van der Waals surface area contributed by atoms with Gasteiger partial charge in [-0.2, -0.15) is 5.10 Å². The zero-order chi connectivity index (χ0) is 13.8. The summed E-state index contributed by atoms with van der Waals surface area (Å²) in [7, 11) is 0. The molecule has 6 heteroatoms. The molecule has 2 N–H and O–H groups in total. The Morgan fingerprint density at radius 2 is 2.16 bits per heavy atom. The molecule has 2 rings (SSSR count). The first kappa shape index (κ1) is 13.7. The van der Waals surface area contributed by atoms with Gasteiger partial charge in [0.25, 0.3) is 0 Å². The molecule has 0 aliphatic rings. The van der Waals surface area contributed by atoms with Gasteiger partial charge < -0.3 is 5.73 Å². The summed E-state index contributed by atoms with van der Waals surface area (Å²) in [5.41, 5.74) is 7.85. The summed E-state index contributed by atoms with van der Waals surface area (Å²) in [6, 6.07) is 2.36. The highest BCUT2D eigenvalue weighted by atomic mass is 15.4. The third-order valence-corrected chi connectivity index (χ3v) is 3.05. The molecule has 2 aromatic rings. The lowest BCUT2D eigenvalue weighted by Crippen LogP contribution is -2.10. The molecule has 1 unspecified atom stereocenters. The third kappa shape index (κ3) is 3.41. The van der Waals surface area contributed by atoms with Crippen LogP contribution in [0.4, 0.5) is 0 Å². The molecule has 0 aliphatic carbocycles. The molecule has 0 saturated carbocycles. The minimum Gasteiger partial charge on any atom is -0.323 e. The molecule has 104 valence electrons. The van der Waals surface area contributed by atoms with E-state index >= 15 is 0 Å². The summed E-state index contributed by atoms with van der Waals surface area (Å²) in [6.45, 7) is 6.95. The minimum atomic E-state index is -0.0213. The van der Waals surface area contributed by atoms with Crippen LogP contribution in [-0.2, 0) is 6.54 Å². The van der Waals surface area contributed by atoms with Gasteiger partial charge in [-0.1, -0.05) is 18.6 Å². The van der Waals surface area contributed by atoms with Crippen molar-refractivity contribution < 1.29 is 0 Å².